The van der Waals surface area contributed by atoms with Gasteiger partial charge in [0.25, 0.3) is 0 Å². The summed E-state index contributed by atoms with van der Waals surface area (Å²) in [5.41, 5.74) is 1.85. The first kappa shape index (κ1) is 20.0. The van der Waals surface area contributed by atoms with E-state index in [4.69, 9.17) is 9.72 Å². The van der Waals surface area contributed by atoms with E-state index in [9.17, 15) is 4.79 Å². The Balaban J connectivity index is 1.17. The molecule has 2 aliphatic rings. The summed E-state index contributed by atoms with van der Waals surface area (Å²) in [4.78, 5) is 26.7. The van der Waals surface area contributed by atoms with Crippen LogP contribution in [0.25, 0.3) is 11.0 Å². The van der Waals surface area contributed by atoms with E-state index in [1.807, 2.05) is 4.90 Å². The maximum absolute atomic E-state index is 12.6. The van der Waals surface area contributed by atoms with Crippen LogP contribution in [0.3, 0.4) is 0 Å². The van der Waals surface area contributed by atoms with Crippen molar-refractivity contribution in [3.05, 3.63) is 36.0 Å². The first-order valence-corrected chi connectivity index (χ1v) is 11.2. The number of aromatic amines is 2. The lowest BCUT2D eigenvalue weighted by Gasteiger charge is -2.33. The van der Waals surface area contributed by atoms with Gasteiger partial charge in [-0.05, 0) is 44.2 Å². The molecule has 9 nitrogen and oxygen atoms in total. The zero-order valence-corrected chi connectivity index (χ0v) is 17.6. The number of rotatable bonds is 6. The monoisotopic (exact) mass is 423 g/mol. The van der Waals surface area contributed by atoms with Crippen LogP contribution in [0.5, 0.6) is 0 Å². The zero-order chi connectivity index (χ0) is 21.0. The first-order chi connectivity index (χ1) is 15.3. The lowest BCUT2D eigenvalue weighted by Crippen LogP contribution is -2.40. The number of piperidine rings is 1. The van der Waals surface area contributed by atoms with Crippen LogP contribution in [0.1, 0.15) is 56.0 Å². The Morgan fingerprint density at radius 2 is 2.13 bits per heavy atom. The number of nitrogens with zero attached hydrogens (tertiary/aromatic N) is 4. The number of likely N-dealkylation sites (tertiary alicyclic amines) is 1. The van der Waals surface area contributed by atoms with Crippen molar-refractivity contribution in [3.8, 4) is 0 Å². The first-order valence-electron chi connectivity index (χ1n) is 11.2. The third-order valence-corrected chi connectivity index (χ3v) is 6.37. The molecule has 0 bridgehead atoms. The molecule has 0 unspecified atom stereocenters. The van der Waals surface area contributed by atoms with Gasteiger partial charge in [0, 0.05) is 43.7 Å². The molecule has 2 aliphatic heterocycles. The van der Waals surface area contributed by atoms with Crippen LogP contribution in [0.2, 0.25) is 0 Å². The maximum Gasteiger partial charge on any atom is 0.225 e. The maximum atomic E-state index is 12.6. The van der Waals surface area contributed by atoms with Crippen LogP contribution < -0.4 is 5.32 Å². The Hall–Kier alpha value is -2.94. The highest BCUT2D eigenvalue weighted by atomic mass is 16.5. The molecule has 3 aromatic heterocycles. The second-order valence-corrected chi connectivity index (χ2v) is 8.44. The number of anilines is 1. The summed E-state index contributed by atoms with van der Waals surface area (Å²) in [5, 5.41) is 11.7. The predicted molar refractivity (Wildman–Crippen MR) is 117 cm³/mol. The average Bonchev–Trinajstić information content (AvgIpc) is 3.48. The molecule has 3 aromatic rings. The normalized spacial score (nSPS) is 20.3. The number of hydrogen-bond donors (Lipinski definition) is 3. The molecule has 164 valence electrons. The highest BCUT2D eigenvalue weighted by Gasteiger charge is 2.27. The van der Waals surface area contributed by atoms with E-state index < -0.39 is 0 Å². The van der Waals surface area contributed by atoms with Crippen molar-refractivity contribution in [2.75, 3.05) is 25.0 Å². The largest absolute Gasteiger partial charge is 0.378 e. The minimum atomic E-state index is 0.110. The van der Waals surface area contributed by atoms with Crippen LogP contribution in [0.15, 0.2) is 24.5 Å². The quantitative estimate of drug-likeness (QED) is 0.562. The summed E-state index contributed by atoms with van der Waals surface area (Å²) < 4.78 is 5.73. The molecule has 2 saturated heterocycles. The molecule has 0 radical (unpaired) electrons. The summed E-state index contributed by atoms with van der Waals surface area (Å²) in [6.07, 6.45) is 9.34. The van der Waals surface area contributed by atoms with Gasteiger partial charge in [-0.2, -0.15) is 5.10 Å². The number of ether oxygens (including phenoxy) is 1. The van der Waals surface area contributed by atoms with Gasteiger partial charge in [0.1, 0.15) is 5.82 Å². The molecule has 5 rings (SSSR count). The fourth-order valence-electron chi connectivity index (χ4n) is 4.56. The number of H-pyrrole nitrogens is 2. The molecule has 0 aliphatic carbocycles. The summed E-state index contributed by atoms with van der Waals surface area (Å²) in [7, 11) is 0. The van der Waals surface area contributed by atoms with Gasteiger partial charge in [-0.15, -0.1) is 0 Å². The lowest BCUT2D eigenvalue weighted by molar-refractivity contribution is -0.136. The lowest BCUT2D eigenvalue weighted by atomic mass is 9.92. The number of carbonyl (C=O) groups is 1. The van der Waals surface area contributed by atoms with Gasteiger partial charge in [0.15, 0.2) is 11.5 Å². The summed E-state index contributed by atoms with van der Waals surface area (Å²) in [6, 6.07) is 4.16. The molecule has 0 aromatic carbocycles. The van der Waals surface area contributed by atoms with Gasteiger partial charge in [-0.3, -0.25) is 9.89 Å². The number of hydrogen-bond acceptors (Lipinski definition) is 6. The van der Waals surface area contributed by atoms with Gasteiger partial charge >= 0.3 is 0 Å². The SMILES string of the molecule is O=C(C[C@H]1CCCCO1)N1CCC(c2ccc3c(NCc4ncc[nH]4)n[nH]c3n2)CC1. The number of amides is 1. The number of pyridine rings is 1. The van der Waals surface area contributed by atoms with Crippen LogP contribution in [0.4, 0.5) is 5.82 Å². The Bertz CT molecular complexity index is 1000. The van der Waals surface area contributed by atoms with Crippen molar-refractivity contribution in [2.24, 2.45) is 0 Å². The summed E-state index contributed by atoms with van der Waals surface area (Å²) in [6.45, 7) is 2.94. The van der Waals surface area contributed by atoms with Gasteiger partial charge in [0.05, 0.1) is 24.5 Å². The molecule has 1 amide bonds. The topological polar surface area (TPSA) is 112 Å². The second-order valence-electron chi connectivity index (χ2n) is 8.44. The van der Waals surface area contributed by atoms with Crippen molar-refractivity contribution >= 4 is 22.8 Å². The van der Waals surface area contributed by atoms with Crippen molar-refractivity contribution in [1.82, 2.24) is 30.0 Å². The number of fused-ring (bicyclic) bond motifs is 1. The third kappa shape index (κ3) is 4.56. The van der Waals surface area contributed by atoms with Gasteiger partial charge in [0.2, 0.25) is 5.91 Å². The van der Waals surface area contributed by atoms with Crippen molar-refractivity contribution in [3.63, 3.8) is 0 Å². The number of carbonyl (C=O) groups excluding carboxylic acids is 1. The molecule has 2 fully saturated rings. The number of aromatic nitrogens is 5. The molecule has 31 heavy (non-hydrogen) atoms. The zero-order valence-electron chi connectivity index (χ0n) is 17.6. The standard InChI is InChI=1S/C22H29N7O2/c30-20(13-16-3-1-2-12-31-16)29-10-6-15(7-11-29)18-5-4-17-21(27-28-22(17)26-18)25-14-19-23-8-9-24-19/h4-5,8-9,15-16H,1-3,6-7,10-14H2,(H,23,24)(H2,25,26,27,28)/t16-/m1/s1. The molecular weight excluding hydrogens is 394 g/mol. The van der Waals surface area contributed by atoms with E-state index in [1.165, 1.54) is 6.42 Å². The fraction of sp³-hybridized carbons (Fsp3) is 0.545. The number of imidazole rings is 1. The average molecular weight is 424 g/mol. The second kappa shape index (κ2) is 9.05. The van der Waals surface area contributed by atoms with Crippen molar-refractivity contribution in [2.45, 2.75) is 57.1 Å². The summed E-state index contributed by atoms with van der Waals surface area (Å²) in [5.74, 6) is 2.23. The molecule has 9 heteroatoms. The Morgan fingerprint density at radius 3 is 2.90 bits per heavy atom. The van der Waals surface area contributed by atoms with Gasteiger partial charge in [-0.25, -0.2) is 9.97 Å². The highest BCUT2D eigenvalue weighted by molar-refractivity contribution is 5.87. The molecular formula is C22H29N7O2. The fourth-order valence-corrected chi connectivity index (χ4v) is 4.56. The molecule has 0 saturated carbocycles. The molecule has 0 spiro atoms. The van der Waals surface area contributed by atoms with Gasteiger partial charge in [-0.1, -0.05) is 0 Å². The van der Waals surface area contributed by atoms with E-state index >= 15 is 0 Å². The van der Waals surface area contributed by atoms with Gasteiger partial charge < -0.3 is 19.9 Å². The summed E-state index contributed by atoms with van der Waals surface area (Å²) >= 11 is 0. The molecule has 3 N–H and O–H groups in total. The van der Waals surface area contributed by atoms with Crippen LogP contribution in [-0.2, 0) is 16.1 Å². The minimum absolute atomic E-state index is 0.110. The molecule has 1 atom stereocenters. The van der Waals surface area contributed by atoms with E-state index in [0.717, 1.165) is 73.7 Å². The Kier molecular flexibility index (Phi) is 5.84. The predicted octanol–water partition coefficient (Wildman–Crippen LogP) is 2.96. The third-order valence-electron chi connectivity index (χ3n) is 6.37. The Labute approximate surface area is 181 Å². The number of nitrogens with one attached hydrogen (secondary N) is 3. The van der Waals surface area contributed by atoms with E-state index in [0.29, 0.717) is 18.9 Å². The van der Waals surface area contributed by atoms with Crippen LogP contribution in [0, 0.1) is 0 Å². The highest BCUT2D eigenvalue weighted by Crippen LogP contribution is 2.30. The van der Waals surface area contributed by atoms with Crippen molar-refractivity contribution < 1.29 is 9.53 Å². The van der Waals surface area contributed by atoms with Crippen LogP contribution >= 0.6 is 0 Å². The van der Waals surface area contributed by atoms with E-state index in [-0.39, 0.29) is 12.0 Å². The Morgan fingerprint density at radius 1 is 1.23 bits per heavy atom. The van der Waals surface area contributed by atoms with E-state index in [1.54, 1.807) is 12.4 Å². The smallest absolute Gasteiger partial charge is 0.225 e. The van der Waals surface area contributed by atoms with Crippen molar-refractivity contribution in [1.29, 1.82) is 0 Å². The van der Waals surface area contributed by atoms with E-state index in [2.05, 4.69) is 37.6 Å². The van der Waals surface area contributed by atoms with Crippen LogP contribution in [-0.4, -0.2) is 61.8 Å². The molecule has 5 heterocycles. The minimum Gasteiger partial charge on any atom is -0.378 e.